The lowest BCUT2D eigenvalue weighted by molar-refractivity contribution is 0.949. The predicted octanol–water partition coefficient (Wildman–Crippen LogP) is 5.55. The van der Waals surface area contributed by atoms with E-state index >= 15 is 0 Å². The van der Waals surface area contributed by atoms with Crippen molar-refractivity contribution in [1.29, 1.82) is 10.5 Å². The Morgan fingerprint density at radius 3 is 2.30 bits per heavy atom. The lowest BCUT2D eigenvalue weighted by Crippen LogP contribution is -2.16. The van der Waals surface area contributed by atoms with Crippen LogP contribution < -0.4 is 4.90 Å². The maximum atomic E-state index is 9.68. The molecule has 0 aliphatic carbocycles. The molecule has 0 spiro atoms. The number of aryl methyl sites for hydroxylation is 1. The zero-order valence-corrected chi connectivity index (χ0v) is 15.6. The lowest BCUT2D eigenvalue weighted by atomic mass is 9.99. The van der Waals surface area contributed by atoms with Crippen LogP contribution in [-0.4, -0.2) is 13.1 Å². The van der Waals surface area contributed by atoms with Gasteiger partial charge in [-0.1, -0.05) is 29.8 Å². The number of rotatable bonds is 3. The molecule has 1 fully saturated rings. The third kappa shape index (κ3) is 3.28. The molecule has 0 N–H and O–H groups in total. The molecule has 3 rings (SSSR count). The van der Waals surface area contributed by atoms with Gasteiger partial charge in [0.1, 0.15) is 0 Å². The second-order valence-electron chi connectivity index (χ2n) is 6.19. The Bertz CT molecular complexity index is 1060. The SMILES string of the molecule is [C-]#[N+]C(C#N)=C(C#N)c1sc(N2CCCC2)c([N+]#[C-])c1-c1ccc(C)cc1. The van der Waals surface area contributed by atoms with Crippen LogP contribution in [0.15, 0.2) is 30.0 Å². The Morgan fingerprint density at radius 1 is 1.11 bits per heavy atom. The first-order valence-electron chi connectivity index (χ1n) is 8.43. The van der Waals surface area contributed by atoms with Crippen LogP contribution in [0.25, 0.3) is 26.4 Å². The van der Waals surface area contributed by atoms with Crippen molar-refractivity contribution in [3.8, 4) is 23.3 Å². The van der Waals surface area contributed by atoms with E-state index in [4.69, 9.17) is 13.1 Å². The molecule has 27 heavy (non-hydrogen) atoms. The van der Waals surface area contributed by atoms with Gasteiger partial charge in [-0.3, -0.25) is 0 Å². The van der Waals surface area contributed by atoms with Gasteiger partial charge in [0.2, 0.25) is 5.69 Å². The summed E-state index contributed by atoms with van der Waals surface area (Å²) in [5.41, 5.74) is 2.86. The maximum Gasteiger partial charge on any atom is 0.280 e. The topological polar surface area (TPSA) is 59.5 Å². The van der Waals surface area contributed by atoms with E-state index in [1.807, 2.05) is 43.3 Å². The highest BCUT2D eigenvalue weighted by Gasteiger charge is 2.28. The van der Waals surface area contributed by atoms with Crippen molar-refractivity contribution in [2.75, 3.05) is 18.0 Å². The van der Waals surface area contributed by atoms with E-state index in [9.17, 15) is 10.5 Å². The number of benzene rings is 1. The predicted molar refractivity (Wildman–Crippen MR) is 107 cm³/mol. The molecule has 1 aromatic heterocycles. The fourth-order valence-electron chi connectivity index (χ4n) is 3.16. The highest BCUT2D eigenvalue weighted by Crippen LogP contribution is 2.51. The zero-order chi connectivity index (χ0) is 19.4. The van der Waals surface area contributed by atoms with E-state index in [0.717, 1.165) is 42.1 Å². The number of hydrogen-bond donors (Lipinski definition) is 0. The largest absolute Gasteiger partial charge is 0.372 e. The van der Waals surface area contributed by atoms with E-state index in [1.54, 1.807) is 0 Å². The third-order valence-corrected chi connectivity index (χ3v) is 5.76. The first-order valence-corrected chi connectivity index (χ1v) is 9.24. The first kappa shape index (κ1) is 18.2. The number of nitrogens with zero attached hydrogens (tertiary/aromatic N) is 5. The minimum atomic E-state index is -0.239. The number of hydrogen-bond acceptors (Lipinski definition) is 4. The van der Waals surface area contributed by atoms with E-state index in [-0.39, 0.29) is 11.3 Å². The van der Waals surface area contributed by atoms with Crippen molar-refractivity contribution in [1.82, 2.24) is 0 Å². The van der Waals surface area contributed by atoms with Crippen LogP contribution in [0.2, 0.25) is 0 Å². The van der Waals surface area contributed by atoms with Crippen molar-refractivity contribution in [2.45, 2.75) is 19.8 Å². The summed E-state index contributed by atoms with van der Waals surface area (Å²) in [4.78, 5) is 9.71. The summed E-state index contributed by atoms with van der Waals surface area (Å²) in [5.74, 6) is 0. The number of nitriles is 2. The van der Waals surface area contributed by atoms with Gasteiger partial charge in [0.05, 0.1) is 35.9 Å². The molecule has 1 aliphatic heterocycles. The van der Waals surface area contributed by atoms with Gasteiger partial charge in [0.15, 0.2) is 0 Å². The molecule has 1 aromatic carbocycles. The molecule has 0 amide bonds. The van der Waals surface area contributed by atoms with Crippen LogP contribution in [0, 0.1) is 42.7 Å². The molecule has 130 valence electrons. The van der Waals surface area contributed by atoms with Crippen molar-refractivity contribution >= 4 is 27.6 Å². The van der Waals surface area contributed by atoms with Crippen LogP contribution in [0.1, 0.15) is 23.3 Å². The minimum absolute atomic E-state index is 0.0448. The second kappa shape index (κ2) is 7.76. The van der Waals surface area contributed by atoms with Gasteiger partial charge >= 0.3 is 0 Å². The molecule has 2 heterocycles. The summed E-state index contributed by atoms with van der Waals surface area (Å²) in [7, 11) is 0. The number of allylic oxidation sites excluding steroid dienone is 2. The van der Waals surface area contributed by atoms with Gasteiger partial charge in [-0.25, -0.2) is 15.0 Å². The number of anilines is 1. The molecule has 2 aromatic rings. The monoisotopic (exact) mass is 369 g/mol. The smallest absolute Gasteiger partial charge is 0.280 e. The van der Waals surface area contributed by atoms with Crippen molar-refractivity contribution in [3.63, 3.8) is 0 Å². The fourth-order valence-corrected chi connectivity index (χ4v) is 4.47. The summed E-state index contributed by atoms with van der Waals surface area (Å²) in [6.07, 6.45) is 2.13. The van der Waals surface area contributed by atoms with Crippen LogP contribution >= 0.6 is 11.3 Å². The third-order valence-electron chi connectivity index (χ3n) is 4.50. The molecular weight excluding hydrogens is 354 g/mol. The van der Waals surface area contributed by atoms with Crippen LogP contribution in [0.4, 0.5) is 10.7 Å². The summed E-state index contributed by atoms with van der Waals surface area (Å²) in [6.45, 7) is 18.7. The maximum absolute atomic E-state index is 9.68. The average Bonchev–Trinajstić information content (AvgIpc) is 3.34. The van der Waals surface area contributed by atoms with E-state index in [0.29, 0.717) is 16.1 Å². The van der Waals surface area contributed by atoms with Crippen molar-refractivity contribution < 1.29 is 0 Å². The standard InChI is InChI=1S/C21H15N5S/c1-14-6-8-15(9-7-14)18-19(25-3)21(26-10-4-5-11-26)27-20(18)16(12-22)17(13-23)24-2/h6-9H,4-5,10-11H2,1H3. The molecule has 1 aliphatic rings. The van der Waals surface area contributed by atoms with E-state index in [1.165, 1.54) is 11.3 Å². The Hall–Kier alpha value is -3.58. The van der Waals surface area contributed by atoms with Gasteiger partial charge in [0.25, 0.3) is 5.70 Å². The zero-order valence-electron chi connectivity index (χ0n) is 14.8. The van der Waals surface area contributed by atoms with Crippen molar-refractivity contribution in [3.05, 3.63) is 63.2 Å². The molecule has 6 heteroatoms. The van der Waals surface area contributed by atoms with Gasteiger partial charge in [-0.2, -0.15) is 5.26 Å². The number of thiophene rings is 1. The Morgan fingerprint density at radius 2 is 1.78 bits per heavy atom. The van der Waals surface area contributed by atoms with E-state index in [2.05, 4.69) is 14.6 Å². The molecule has 5 nitrogen and oxygen atoms in total. The Kier molecular flexibility index (Phi) is 5.23. The quantitative estimate of drug-likeness (QED) is 0.526. The van der Waals surface area contributed by atoms with Crippen LogP contribution in [-0.2, 0) is 0 Å². The summed E-state index contributed by atoms with van der Waals surface area (Å²) in [6, 6.07) is 11.6. The highest BCUT2D eigenvalue weighted by atomic mass is 32.1. The minimum Gasteiger partial charge on any atom is -0.372 e. The second-order valence-corrected chi connectivity index (χ2v) is 7.19. The molecule has 0 bridgehead atoms. The molecule has 0 atom stereocenters. The first-order chi connectivity index (χ1) is 13.1. The summed E-state index contributed by atoms with van der Waals surface area (Å²) >= 11 is 1.34. The molecule has 0 radical (unpaired) electrons. The van der Waals surface area contributed by atoms with Gasteiger partial charge < -0.3 is 4.90 Å². The van der Waals surface area contributed by atoms with E-state index < -0.39 is 0 Å². The summed E-state index contributed by atoms with van der Waals surface area (Å²) < 4.78 is 0. The lowest BCUT2D eigenvalue weighted by Gasteiger charge is -2.15. The van der Waals surface area contributed by atoms with Crippen LogP contribution in [0.3, 0.4) is 0 Å². The Balaban J connectivity index is 2.36. The molecule has 1 saturated heterocycles. The summed E-state index contributed by atoms with van der Waals surface area (Å²) in [5, 5.41) is 19.8. The van der Waals surface area contributed by atoms with Crippen molar-refractivity contribution in [2.24, 2.45) is 0 Å². The highest BCUT2D eigenvalue weighted by molar-refractivity contribution is 7.18. The fraction of sp³-hybridized carbons (Fsp3) is 0.238. The van der Waals surface area contributed by atoms with Gasteiger partial charge in [0, 0.05) is 23.5 Å². The van der Waals surface area contributed by atoms with Gasteiger partial charge in [-0.05, 0) is 25.3 Å². The van der Waals surface area contributed by atoms with Crippen LogP contribution in [0.5, 0.6) is 0 Å². The molecule has 0 saturated carbocycles. The normalized spacial score (nSPS) is 13.9. The average molecular weight is 369 g/mol. The molecular formula is C21H15N5S. The molecule has 0 unspecified atom stereocenters. The van der Waals surface area contributed by atoms with Gasteiger partial charge in [-0.15, -0.1) is 11.3 Å². The Labute approximate surface area is 162 Å².